The first-order valence-corrected chi connectivity index (χ1v) is 10.3. The second-order valence-corrected chi connectivity index (χ2v) is 7.65. The van der Waals surface area contributed by atoms with Gasteiger partial charge in [0, 0.05) is 5.92 Å². The first-order chi connectivity index (χ1) is 13.9. The van der Waals surface area contributed by atoms with Crippen molar-refractivity contribution in [2.24, 2.45) is 5.92 Å². The largest absolute Gasteiger partial charge is 0.496 e. The van der Waals surface area contributed by atoms with Crippen LogP contribution in [0.4, 0.5) is 0 Å². The highest BCUT2D eigenvalue weighted by Crippen LogP contribution is 2.42. The minimum atomic E-state index is -1.25. The van der Waals surface area contributed by atoms with Crippen molar-refractivity contribution in [1.82, 2.24) is 5.32 Å². The third-order valence-electron chi connectivity index (χ3n) is 4.16. The minimum Gasteiger partial charge on any atom is -0.496 e. The van der Waals surface area contributed by atoms with Gasteiger partial charge in [0.1, 0.15) is 11.7 Å². The van der Waals surface area contributed by atoms with Crippen molar-refractivity contribution in [3.8, 4) is 11.8 Å². The molecule has 1 aliphatic rings. The first kappa shape index (κ1) is 22.8. The number of thioether (sulfide) groups is 1. The van der Waals surface area contributed by atoms with Crippen molar-refractivity contribution in [2.45, 2.75) is 12.8 Å². The highest BCUT2D eigenvalue weighted by Gasteiger charge is 2.44. The Morgan fingerprint density at radius 2 is 2.07 bits per heavy atom. The van der Waals surface area contributed by atoms with Gasteiger partial charge in [0.25, 0.3) is 0 Å². The molecule has 0 radical (unpaired) electrons. The van der Waals surface area contributed by atoms with Crippen molar-refractivity contribution in [3.63, 3.8) is 0 Å². The monoisotopic (exact) mass is 482 g/mol. The Morgan fingerprint density at radius 3 is 2.62 bits per heavy atom. The van der Waals surface area contributed by atoms with Gasteiger partial charge in [-0.3, -0.25) is 14.4 Å². The third kappa shape index (κ3) is 5.10. The van der Waals surface area contributed by atoms with Crippen LogP contribution in [0.2, 0.25) is 0 Å². The number of carbonyl (C=O) groups excluding carboxylic acids is 3. The second kappa shape index (κ2) is 10.3. The van der Waals surface area contributed by atoms with Gasteiger partial charge in [-0.25, -0.2) is 0 Å². The Balaban J connectivity index is 2.54. The van der Waals surface area contributed by atoms with E-state index < -0.39 is 29.7 Å². The summed E-state index contributed by atoms with van der Waals surface area (Å²) in [6.07, 6.45) is 0. The smallest absolute Gasteiger partial charge is 0.319 e. The van der Waals surface area contributed by atoms with Crippen LogP contribution < -0.4 is 10.1 Å². The molecule has 2 rings (SSSR count). The van der Waals surface area contributed by atoms with E-state index in [-0.39, 0.29) is 23.0 Å². The number of amides is 1. The zero-order valence-electron chi connectivity index (χ0n) is 16.0. The van der Waals surface area contributed by atoms with E-state index in [2.05, 4.69) is 27.3 Å². The highest BCUT2D eigenvalue weighted by molar-refractivity contribution is 9.10. The quantitative estimate of drug-likeness (QED) is 0.465. The number of methoxy groups -OCH3 is 2. The van der Waals surface area contributed by atoms with Crippen molar-refractivity contribution >= 4 is 45.5 Å². The third-order valence-corrected chi connectivity index (χ3v) is 5.77. The van der Waals surface area contributed by atoms with Crippen LogP contribution in [0.5, 0.6) is 5.75 Å². The zero-order valence-corrected chi connectivity index (χ0v) is 18.4. The number of hydrogen-bond acceptors (Lipinski definition) is 8. The summed E-state index contributed by atoms with van der Waals surface area (Å²) in [5.74, 6) is -3.51. The van der Waals surface area contributed by atoms with E-state index >= 15 is 0 Å². The highest BCUT2D eigenvalue weighted by atomic mass is 79.9. The van der Waals surface area contributed by atoms with Crippen LogP contribution in [-0.2, 0) is 23.9 Å². The molecule has 0 saturated heterocycles. The molecule has 1 heterocycles. The van der Waals surface area contributed by atoms with Crippen molar-refractivity contribution in [2.75, 3.05) is 26.6 Å². The average molecular weight is 483 g/mol. The van der Waals surface area contributed by atoms with E-state index in [9.17, 15) is 19.6 Å². The maximum Gasteiger partial charge on any atom is 0.319 e. The number of hydrogen-bond donors (Lipinski definition) is 1. The lowest BCUT2D eigenvalue weighted by Crippen LogP contribution is -2.44. The summed E-state index contributed by atoms with van der Waals surface area (Å²) in [5, 5.41) is 12.6. The number of allylic oxidation sites excluding steroid dienone is 1. The van der Waals surface area contributed by atoms with Gasteiger partial charge in [-0.15, -0.1) is 0 Å². The minimum absolute atomic E-state index is 0.0868. The van der Waals surface area contributed by atoms with Gasteiger partial charge < -0.3 is 19.5 Å². The SMILES string of the molecule is CCOC(=O)CSC1=C(C#N)[C@H](c2ccc(OC)c(Br)c2)[C@H](C(=O)OC)C(=O)N1. The van der Waals surface area contributed by atoms with E-state index in [4.69, 9.17) is 14.2 Å². The molecule has 0 fully saturated rings. The summed E-state index contributed by atoms with van der Waals surface area (Å²) >= 11 is 4.36. The van der Waals surface area contributed by atoms with E-state index in [0.717, 1.165) is 11.8 Å². The Morgan fingerprint density at radius 1 is 1.34 bits per heavy atom. The molecule has 0 spiro atoms. The van der Waals surface area contributed by atoms with Crippen molar-refractivity contribution < 1.29 is 28.6 Å². The fourth-order valence-electron chi connectivity index (χ4n) is 2.89. The Labute approximate surface area is 180 Å². The van der Waals surface area contributed by atoms with Gasteiger partial charge in [0.15, 0.2) is 0 Å². The van der Waals surface area contributed by atoms with Crippen LogP contribution in [0.25, 0.3) is 0 Å². The number of nitrogens with one attached hydrogen (secondary N) is 1. The molecule has 2 atom stereocenters. The molecule has 10 heteroatoms. The molecule has 0 aliphatic carbocycles. The van der Waals surface area contributed by atoms with E-state index in [1.807, 2.05) is 0 Å². The molecule has 0 unspecified atom stereocenters. The predicted molar refractivity (Wildman–Crippen MR) is 109 cm³/mol. The fourth-order valence-corrected chi connectivity index (χ4v) is 4.29. The van der Waals surface area contributed by atoms with Crippen LogP contribution in [0.1, 0.15) is 18.4 Å². The van der Waals surface area contributed by atoms with Crippen LogP contribution in [0, 0.1) is 17.2 Å². The summed E-state index contributed by atoms with van der Waals surface area (Å²) < 4.78 is 15.5. The fraction of sp³-hybridized carbons (Fsp3) is 0.368. The number of halogens is 1. The van der Waals surface area contributed by atoms with Gasteiger partial charge in [-0.2, -0.15) is 5.26 Å². The number of benzene rings is 1. The molecule has 1 aliphatic heterocycles. The summed E-state index contributed by atoms with van der Waals surface area (Å²) in [6.45, 7) is 1.91. The van der Waals surface area contributed by atoms with E-state index in [0.29, 0.717) is 15.8 Å². The number of esters is 2. The summed E-state index contributed by atoms with van der Waals surface area (Å²) in [5.41, 5.74) is 0.708. The molecule has 1 amide bonds. The summed E-state index contributed by atoms with van der Waals surface area (Å²) in [4.78, 5) is 36.8. The molecule has 1 N–H and O–H groups in total. The Kier molecular flexibility index (Phi) is 8.10. The van der Waals surface area contributed by atoms with E-state index in [1.54, 1.807) is 25.1 Å². The number of carbonyl (C=O) groups is 3. The molecule has 0 aromatic heterocycles. The number of nitrogens with zero attached hydrogens (tertiary/aromatic N) is 1. The van der Waals surface area contributed by atoms with Crippen LogP contribution >= 0.6 is 27.7 Å². The lowest BCUT2D eigenvalue weighted by Gasteiger charge is -2.31. The molecular formula is C19H19BrN2O6S. The summed E-state index contributed by atoms with van der Waals surface area (Å²) in [7, 11) is 2.69. The van der Waals surface area contributed by atoms with Gasteiger partial charge >= 0.3 is 11.9 Å². The lowest BCUT2D eigenvalue weighted by atomic mass is 9.78. The van der Waals surface area contributed by atoms with Crippen LogP contribution in [0.15, 0.2) is 33.3 Å². The number of nitriles is 1. The first-order valence-electron chi connectivity index (χ1n) is 8.52. The molecule has 29 heavy (non-hydrogen) atoms. The topological polar surface area (TPSA) is 115 Å². The molecule has 1 aromatic rings. The Bertz CT molecular complexity index is 895. The zero-order chi connectivity index (χ0) is 21.6. The maximum atomic E-state index is 12.7. The molecule has 0 bridgehead atoms. The van der Waals surface area contributed by atoms with Crippen molar-refractivity contribution in [3.05, 3.63) is 38.8 Å². The molecule has 0 saturated carbocycles. The molecule has 8 nitrogen and oxygen atoms in total. The predicted octanol–water partition coefficient (Wildman–Crippen LogP) is 2.49. The maximum absolute atomic E-state index is 12.7. The van der Waals surface area contributed by atoms with Gasteiger partial charge in [0.05, 0.1) is 47.7 Å². The van der Waals surface area contributed by atoms with Gasteiger partial charge in [-0.1, -0.05) is 17.8 Å². The normalized spacial score (nSPS) is 18.5. The second-order valence-electron chi connectivity index (χ2n) is 5.81. The number of rotatable bonds is 7. The number of ether oxygens (including phenoxy) is 3. The lowest BCUT2D eigenvalue weighted by molar-refractivity contribution is -0.150. The standard InChI is InChI=1S/C19H19BrN2O6S/c1-4-28-14(23)9-29-18-11(8-21)15(16(17(24)22-18)19(25)27-3)10-5-6-13(26-2)12(20)7-10/h5-7,15-16H,4,9H2,1-3H3,(H,22,24)/t15-,16-/m0/s1. The van der Waals surface area contributed by atoms with Gasteiger partial charge in [-0.05, 0) is 40.5 Å². The summed E-state index contributed by atoms with van der Waals surface area (Å²) in [6, 6.07) is 7.10. The van der Waals surface area contributed by atoms with Crippen molar-refractivity contribution in [1.29, 1.82) is 5.26 Å². The molecular weight excluding hydrogens is 464 g/mol. The van der Waals surface area contributed by atoms with Crippen LogP contribution in [-0.4, -0.2) is 44.4 Å². The van der Waals surface area contributed by atoms with Crippen LogP contribution in [0.3, 0.4) is 0 Å². The average Bonchev–Trinajstić information content (AvgIpc) is 2.71. The molecule has 1 aromatic carbocycles. The molecule has 154 valence electrons. The van der Waals surface area contributed by atoms with Gasteiger partial charge in [0.2, 0.25) is 5.91 Å². The van der Waals surface area contributed by atoms with E-state index in [1.165, 1.54) is 14.2 Å². The Hall–Kier alpha value is -2.51.